The van der Waals surface area contributed by atoms with E-state index in [0.29, 0.717) is 12.8 Å². The predicted molar refractivity (Wildman–Crippen MR) is 254 cm³/mol. The summed E-state index contributed by atoms with van der Waals surface area (Å²) in [5.41, 5.74) is 0. The minimum absolute atomic E-state index is 0.0416. The van der Waals surface area contributed by atoms with Crippen LogP contribution in [0.1, 0.15) is 219 Å². The van der Waals surface area contributed by atoms with E-state index in [1.807, 2.05) is 0 Å². The van der Waals surface area contributed by atoms with Crippen molar-refractivity contribution in [3.05, 3.63) is 48.6 Å². The van der Waals surface area contributed by atoms with Crippen LogP contribution in [-0.4, -0.2) is 75.5 Å². The maximum Gasteiger partial charge on any atom is 0.306 e. The number of allylic oxidation sites excluding steroid dienone is 8. The van der Waals surface area contributed by atoms with E-state index in [0.717, 1.165) is 64.2 Å². The van der Waals surface area contributed by atoms with Crippen molar-refractivity contribution in [2.75, 3.05) is 41.0 Å². The van der Waals surface area contributed by atoms with Crippen LogP contribution in [0.15, 0.2) is 48.6 Å². The molecule has 8 heteroatoms. The second-order valence-electron chi connectivity index (χ2n) is 18.0. The first-order valence-corrected chi connectivity index (χ1v) is 25.2. The zero-order valence-corrected chi connectivity index (χ0v) is 40.3. The van der Waals surface area contributed by atoms with E-state index >= 15 is 0 Å². The number of carbonyl (C=O) groups is 3. The highest BCUT2D eigenvalue weighted by Crippen LogP contribution is 2.16. The number of rotatable bonds is 45. The van der Waals surface area contributed by atoms with Crippen LogP contribution in [0, 0.1) is 0 Å². The van der Waals surface area contributed by atoms with Crippen molar-refractivity contribution in [3.63, 3.8) is 0 Å². The monoisotopic (exact) mass is 858 g/mol. The van der Waals surface area contributed by atoms with Gasteiger partial charge in [0.1, 0.15) is 12.6 Å². The van der Waals surface area contributed by atoms with Crippen molar-refractivity contribution in [2.24, 2.45) is 0 Å². The summed E-state index contributed by atoms with van der Waals surface area (Å²) in [7, 11) is 5.42. The average Bonchev–Trinajstić information content (AvgIpc) is 3.22. The fourth-order valence-electron chi connectivity index (χ4n) is 7.36. The molecule has 0 aliphatic carbocycles. The molecule has 0 fully saturated rings. The summed E-state index contributed by atoms with van der Waals surface area (Å²) >= 11 is 0. The Morgan fingerprint density at radius 3 is 1.36 bits per heavy atom. The molecule has 0 aromatic carbocycles. The molecule has 0 aliphatic rings. The van der Waals surface area contributed by atoms with Gasteiger partial charge >= 0.3 is 11.9 Å². The Hall–Kier alpha value is -2.71. The van der Waals surface area contributed by atoms with Gasteiger partial charge in [-0.3, -0.25) is 9.59 Å². The molecule has 0 rings (SSSR count). The second-order valence-corrected chi connectivity index (χ2v) is 18.0. The average molecular weight is 858 g/mol. The third-order valence-electron chi connectivity index (χ3n) is 11.2. The number of nitrogens with zero attached hydrogens (tertiary/aromatic N) is 1. The number of carbonyl (C=O) groups excluding carboxylic acids is 3. The van der Waals surface area contributed by atoms with E-state index in [4.69, 9.17) is 14.2 Å². The van der Waals surface area contributed by atoms with E-state index in [-0.39, 0.29) is 42.7 Å². The molecule has 61 heavy (non-hydrogen) atoms. The third kappa shape index (κ3) is 42.4. The molecule has 0 bridgehead atoms. The van der Waals surface area contributed by atoms with Crippen molar-refractivity contribution in [1.29, 1.82) is 0 Å². The first kappa shape index (κ1) is 58.3. The predicted octanol–water partition coefficient (Wildman–Crippen LogP) is 13.0. The van der Waals surface area contributed by atoms with Gasteiger partial charge in [0.05, 0.1) is 40.3 Å². The number of carboxylic acids is 1. The smallest absolute Gasteiger partial charge is 0.306 e. The Morgan fingerprint density at radius 2 is 0.918 bits per heavy atom. The standard InChI is InChI=1S/C53H95NO7/c1-6-8-10-12-14-16-18-20-22-23-24-25-26-27-28-29-30-32-33-35-37-39-41-43-51(55)60-48-49(47-59-46-45-50(53(57)58)54(3,4)5)61-52(56)44-42-40-38-36-34-31-21-19-17-15-13-11-9-7-2/h8,10,14,16,20,22,24-25,49-50H,6-7,9,11-13,15,17-19,21,23,26-48H2,1-5H3/b10-8+,16-14+,22-20+,25-24+. The highest BCUT2D eigenvalue weighted by molar-refractivity contribution is 5.70. The van der Waals surface area contributed by atoms with Crippen LogP contribution >= 0.6 is 0 Å². The molecule has 0 N–H and O–H groups in total. The molecule has 0 amide bonds. The minimum Gasteiger partial charge on any atom is -0.544 e. The molecule has 0 saturated heterocycles. The normalized spacial score (nSPS) is 13.3. The first-order valence-electron chi connectivity index (χ1n) is 25.2. The maximum atomic E-state index is 12.7. The Balaban J connectivity index is 4.20. The van der Waals surface area contributed by atoms with Crippen molar-refractivity contribution >= 4 is 17.9 Å². The fraction of sp³-hybridized carbons (Fsp3) is 0.792. The molecule has 8 nitrogen and oxygen atoms in total. The highest BCUT2D eigenvalue weighted by Gasteiger charge is 2.25. The van der Waals surface area contributed by atoms with Crippen molar-refractivity contribution < 1.29 is 38.2 Å². The fourth-order valence-corrected chi connectivity index (χ4v) is 7.36. The third-order valence-corrected chi connectivity index (χ3v) is 11.2. The lowest BCUT2D eigenvalue weighted by molar-refractivity contribution is -0.889. The van der Waals surface area contributed by atoms with Gasteiger partial charge in [0.15, 0.2) is 6.10 Å². The summed E-state index contributed by atoms with van der Waals surface area (Å²) in [4.78, 5) is 37.0. The lowest BCUT2D eigenvalue weighted by Gasteiger charge is -2.34. The van der Waals surface area contributed by atoms with E-state index in [2.05, 4.69) is 62.5 Å². The van der Waals surface area contributed by atoms with Crippen LogP contribution in [0.25, 0.3) is 0 Å². The summed E-state index contributed by atoms with van der Waals surface area (Å²) in [6.45, 7) is 4.57. The topological polar surface area (TPSA) is 102 Å². The van der Waals surface area contributed by atoms with Gasteiger partial charge in [-0.2, -0.15) is 0 Å². The number of esters is 2. The Bertz CT molecular complexity index is 1140. The Kier molecular flexibility index (Phi) is 42.0. The van der Waals surface area contributed by atoms with E-state index < -0.39 is 18.1 Å². The van der Waals surface area contributed by atoms with Crippen LogP contribution in [0.3, 0.4) is 0 Å². The Morgan fingerprint density at radius 1 is 0.508 bits per heavy atom. The van der Waals surface area contributed by atoms with Gasteiger partial charge in [-0.1, -0.05) is 197 Å². The number of unbranched alkanes of at least 4 members (excludes halogenated alkanes) is 23. The highest BCUT2D eigenvalue weighted by atomic mass is 16.6. The molecule has 2 unspecified atom stereocenters. The molecule has 0 aromatic heterocycles. The van der Waals surface area contributed by atoms with Crippen molar-refractivity contribution in [2.45, 2.75) is 231 Å². The molecule has 0 aromatic rings. The number of ether oxygens (including phenoxy) is 3. The van der Waals surface area contributed by atoms with Gasteiger partial charge in [0.2, 0.25) is 0 Å². The molecule has 0 saturated carbocycles. The lowest BCUT2D eigenvalue weighted by Crippen LogP contribution is -2.55. The minimum atomic E-state index is -1.12. The van der Waals surface area contributed by atoms with Crippen LogP contribution in [0.2, 0.25) is 0 Å². The summed E-state index contributed by atoms with van der Waals surface area (Å²) in [6, 6.07) is -0.725. The molecule has 0 aliphatic heterocycles. The van der Waals surface area contributed by atoms with E-state index in [9.17, 15) is 19.5 Å². The van der Waals surface area contributed by atoms with E-state index in [1.54, 1.807) is 21.1 Å². The van der Waals surface area contributed by atoms with Gasteiger partial charge in [-0.15, -0.1) is 0 Å². The van der Waals surface area contributed by atoms with Gasteiger partial charge in [0, 0.05) is 19.3 Å². The first-order chi connectivity index (χ1) is 29.6. The lowest BCUT2D eigenvalue weighted by atomic mass is 10.0. The van der Waals surface area contributed by atoms with Crippen LogP contribution < -0.4 is 5.11 Å². The maximum absolute atomic E-state index is 12.7. The summed E-state index contributed by atoms with van der Waals surface area (Å²) in [6.07, 6.45) is 52.8. The molecule has 0 radical (unpaired) electrons. The molecule has 354 valence electrons. The molecule has 2 atom stereocenters. The van der Waals surface area contributed by atoms with Gasteiger partial charge < -0.3 is 28.6 Å². The summed E-state index contributed by atoms with van der Waals surface area (Å²) < 4.78 is 17.2. The number of quaternary nitrogens is 1. The molecular formula is C53H95NO7. The zero-order valence-electron chi connectivity index (χ0n) is 40.3. The summed E-state index contributed by atoms with van der Waals surface area (Å²) in [5.74, 6) is -1.73. The largest absolute Gasteiger partial charge is 0.544 e. The number of aliphatic carboxylic acids is 1. The van der Waals surface area contributed by atoms with Crippen molar-refractivity contribution in [3.8, 4) is 0 Å². The molecule has 0 spiro atoms. The van der Waals surface area contributed by atoms with Gasteiger partial charge in [-0.05, 0) is 51.4 Å². The van der Waals surface area contributed by atoms with Gasteiger partial charge in [0.25, 0.3) is 0 Å². The zero-order chi connectivity index (χ0) is 44.9. The molecular weight excluding hydrogens is 763 g/mol. The number of hydrogen-bond acceptors (Lipinski definition) is 7. The second kappa shape index (κ2) is 43.9. The van der Waals surface area contributed by atoms with Crippen molar-refractivity contribution in [1.82, 2.24) is 0 Å². The Labute approximate surface area is 376 Å². The van der Waals surface area contributed by atoms with Crippen LogP contribution in [-0.2, 0) is 28.6 Å². The number of likely N-dealkylation sites (N-methyl/N-ethyl adjacent to an activating group) is 1. The quantitative estimate of drug-likeness (QED) is 0.0260. The number of hydrogen-bond donors (Lipinski definition) is 0. The van der Waals surface area contributed by atoms with Gasteiger partial charge in [-0.25, -0.2) is 0 Å². The van der Waals surface area contributed by atoms with Crippen LogP contribution in [0.4, 0.5) is 0 Å². The summed E-state index contributed by atoms with van der Waals surface area (Å²) in [5, 5.41) is 11.6. The molecule has 0 heterocycles. The van der Waals surface area contributed by atoms with E-state index in [1.165, 1.54) is 122 Å². The number of carboxylic acid groups (broad SMARTS) is 1. The SMILES string of the molecule is CC/C=C/C/C=C/C/C=C/C/C=C/CCCCCCCCCCCCC(=O)OCC(COCCC(C(=O)[O-])[N+](C)(C)C)OC(=O)CCCCCCCCCCCCCCCC. The van der Waals surface area contributed by atoms with Crippen LogP contribution in [0.5, 0.6) is 0 Å².